The highest BCUT2D eigenvalue weighted by molar-refractivity contribution is 5.80. The van der Waals surface area contributed by atoms with E-state index < -0.39 is 0 Å². The average molecular weight is 359 g/mol. The zero-order valence-electron chi connectivity index (χ0n) is 16.1. The highest BCUT2D eigenvalue weighted by atomic mass is 16.3. The van der Waals surface area contributed by atoms with Crippen molar-refractivity contribution >= 4 is 5.96 Å². The van der Waals surface area contributed by atoms with Crippen LogP contribution in [-0.4, -0.2) is 47.7 Å². The molecule has 5 nitrogen and oxygen atoms in total. The summed E-state index contributed by atoms with van der Waals surface area (Å²) in [5, 5.41) is 16.4. The third-order valence-corrected chi connectivity index (χ3v) is 5.59. The number of phenols is 1. The third-order valence-electron chi connectivity index (χ3n) is 5.59. The molecular weight excluding hydrogens is 324 g/mol. The Morgan fingerprint density at radius 1 is 1.12 bits per heavy atom. The van der Waals surface area contributed by atoms with Gasteiger partial charge in [-0.3, -0.25) is 4.90 Å². The number of likely N-dealkylation sites (tertiary alicyclic amines) is 1. The number of nitrogens with zero attached hydrogens (tertiary/aromatic N) is 2. The van der Waals surface area contributed by atoms with Gasteiger partial charge in [-0.1, -0.05) is 31.4 Å². The third kappa shape index (κ3) is 5.63. The molecule has 1 aliphatic carbocycles. The first-order valence-corrected chi connectivity index (χ1v) is 10.3. The van der Waals surface area contributed by atoms with Crippen LogP contribution in [0.5, 0.6) is 5.75 Å². The van der Waals surface area contributed by atoms with Crippen molar-refractivity contribution in [3.63, 3.8) is 0 Å². The van der Waals surface area contributed by atoms with Crippen LogP contribution in [0.2, 0.25) is 0 Å². The second-order valence-corrected chi connectivity index (χ2v) is 7.63. The molecule has 5 heteroatoms. The minimum atomic E-state index is 0.299. The summed E-state index contributed by atoms with van der Waals surface area (Å²) >= 11 is 0. The van der Waals surface area contributed by atoms with E-state index in [1.165, 1.54) is 51.5 Å². The first-order valence-electron chi connectivity index (χ1n) is 10.3. The first-order chi connectivity index (χ1) is 12.7. The Morgan fingerprint density at radius 3 is 2.62 bits per heavy atom. The molecule has 0 aromatic heterocycles. The van der Waals surface area contributed by atoms with Gasteiger partial charge in [-0.05, 0) is 56.8 Å². The Balaban J connectivity index is 1.55. The summed E-state index contributed by atoms with van der Waals surface area (Å²) in [6, 6.07) is 8.55. The standard InChI is InChI=1S/C21H34N4O/c1-2-22-21(23-15-17-10-12-20(26)13-11-17)24-18-7-6-14-25(16-18)19-8-4-3-5-9-19/h10-13,18-19,26H,2-9,14-16H2,1H3,(H2,22,23,24). The van der Waals surface area contributed by atoms with Crippen molar-refractivity contribution in [1.82, 2.24) is 15.5 Å². The number of hydrogen-bond acceptors (Lipinski definition) is 3. The van der Waals surface area contributed by atoms with Crippen LogP contribution in [0.15, 0.2) is 29.3 Å². The fourth-order valence-electron chi connectivity index (χ4n) is 4.19. The quantitative estimate of drug-likeness (QED) is 0.559. The largest absolute Gasteiger partial charge is 0.508 e. The lowest BCUT2D eigenvalue weighted by molar-refractivity contribution is 0.115. The van der Waals surface area contributed by atoms with Gasteiger partial charge in [0, 0.05) is 25.2 Å². The van der Waals surface area contributed by atoms with E-state index in [0.29, 0.717) is 18.3 Å². The topological polar surface area (TPSA) is 59.9 Å². The van der Waals surface area contributed by atoms with Crippen LogP contribution in [0.3, 0.4) is 0 Å². The molecule has 3 N–H and O–H groups in total. The van der Waals surface area contributed by atoms with Crippen LogP contribution in [-0.2, 0) is 6.54 Å². The SMILES string of the molecule is CCNC(=NCc1ccc(O)cc1)NC1CCCN(C2CCCCC2)C1. The molecule has 1 saturated heterocycles. The number of benzene rings is 1. The molecule has 26 heavy (non-hydrogen) atoms. The molecule has 1 atom stereocenters. The Kier molecular flexibility index (Phi) is 7.18. The van der Waals surface area contributed by atoms with Crippen molar-refractivity contribution in [1.29, 1.82) is 0 Å². The Bertz CT molecular complexity index is 566. The summed E-state index contributed by atoms with van der Waals surface area (Å²) in [6.07, 6.45) is 9.45. The van der Waals surface area contributed by atoms with Crippen molar-refractivity contribution in [3.05, 3.63) is 29.8 Å². The summed E-state index contributed by atoms with van der Waals surface area (Å²) in [4.78, 5) is 7.45. The number of nitrogens with one attached hydrogen (secondary N) is 2. The molecule has 0 amide bonds. The molecule has 2 fully saturated rings. The minimum absolute atomic E-state index is 0.299. The maximum atomic E-state index is 9.40. The molecule has 3 rings (SSSR count). The number of phenolic OH excluding ortho intramolecular Hbond substituents is 1. The van der Waals surface area contributed by atoms with Crippen LogP contribution in [0.25, 0.3) is 0 Å². The predicted octanol–water partition coefficient (Wildman–Crippen LogP) is 3.24. The van der Waals surface area contributed by atoms with Gasteiger partial charge in [0.05, 0.1) is 6.54 Å². The summed E-state index contributed by atoms with van der Waals surface area (Å²) in [5.41, 5.74) is 1.10. The van der Waals surface area contributed by atoms with Crippen LogP contribution >= 0.6 is 0 Å². The van der Waals surface area contributed by atoms with Crippen molar-refractivity contribution in [2.75, 3.05) is 19.6 Å². The molecule has 1 aromatic carbocycles. The van der Waals surface area contributed by atoms with E-state index in [-0.39, 0.29) is 0 Å². The van der Waals surface area contributed by atoms with E-state index in [9.17, 15) is 5.11 Å². The van der Waals surface area contributed by atoms with Gasteiger partial charge in [-0.25, -0.2) is 4.99 Å². The van der Waals surface area contributed by atoms with Gasteiger partial charge in [0.1, 0.15) is 5.75 Å². The normalized spacial score (nSPS) is 23.0. The van der Waals surface area contributed by atoms with Crippen molar-refractivity contribution in [2.24, 2.45) is 4.99 Å². The lowest BCUT2D eigenvalue weighted by atomic mass is 9.92. The highest BCUT2D eigenvalue weighted by Gasteiger charge is 2.27. The minimum Gasteiger partial charge on any atom is -0.508 e. The lowest BCUT2D eigenvalue weighted by Gasteiger charge is -2.40. The van der Waals surface area contributed by atoms with E-state index in [1.54, 1.807) is 12.1 Å². The van der Waals surface area contributed by atoms with Gasteiger partial charge in [0.25, 0.3) is 0 Å². The number of piperidine rings is 1. The molecule has 0 bridgehead atoms. The van der Waals surface area contributed by atoms with E-state index >= 15 is 0 Å². The molecule has 1 aromatic rings. The van der Waals surface area contributed by atoms with Crippen LogP contribution < -0.4 is 10.6 Å². The number of aromatic hydroxyl groups is 1. The summed E-state index contributed by atoms with van der Waals surface area (Å²) in [5.74, 6) is 1.20. The van der Waals surface area contributed by atoms with Crippen LogP contribution in [0, 0.1) is 0 Å². The predicted molar refractivity (Wildman–Crippen MR) is 108 cm³/mol. The molecule has 2 aliphatic rings. The summed E-state index contributed by atoms with van der Waals surface area (Å²) < 4.78 is 0. The van der Waals surface area contributed by atoms with Gasteiger partial charge in [0.2, 0.25) is 0 Å². The second-order valence-electron chi connectivity index (χ2n) is 7.63. The van der Waals surface area contributed by atoms with Gasteiger partial charge < -0.3 is 15.7 Å². The molecule has 144 valence electrons. The number of guanidine groups is 1. The second kappa shape index (κ2) is 9.81. The monoisotopic (exact) mass is 358 g/mol. The van der Waals surface area contributed by atoms with Crippen molar-refractivity contribution in [2.45, 2.75) is 70.5 Å². The Hall–Kier alpha value is -1.75. The Labute approximate surface area is 157 Å². The number of hydrogen-bond donors (Lipinski definition) is 3. The summed E-state index contributed by atoms with van der Waals surface area (Å²) in [6.45, 7) is 5.97. The van der Waals surface area contributed by atoms with Gasteiger partial charge >= 0.3 is 0 Å². The van der Waals surface area contributed by atoms with Gasteiger partial charge in [-0.2, -0.15) is 0 Å². The van der Waals surface area contributed by atoms with Crippen LogP contribution in [0.4, 0.5) is 0 Å². The average Bonchev–Trinajstić information content (AvgIpc) is 2.68. The first kappa shape index (κ1) is 19.0. The molecule has 1 unspecified atom stereocenters. The Morgan fingerprint density at radius 2 is 1.88 bits per heavy atom. The van der Waals surface area contributed by atoms with Crippen LogP contribution in [0.1, 0.15) is 57.4 Å². The van der Waals surface area contributed by atoms with E-state index in [1.807, 2.05) is 12.1 Å². The van der Waals surface area contributed by atoms with Crippen molar-refractivity contribution < 1.29 is 5.11 Å². The van der Waals surface area contributed by atoms with E-state index in [4.69, 9.17) is 4.99 Å². The van der Waals surface area contributed by atoms with E-state index in [2.05, 4.69) is 22.5 Å². The molecule has 0 radical (unpaired) electrons. The molecular formula is C21H34N4O. The fourth-order valence-corrected chi connectivity index (χ4v) is 4.19. The maximum Gasteiger partial charge on any atom is 0.191 e. The molecule has 0 spiro atoms. The van der Waals surface area contributed by atoms with Crippen molar-refractivity contribution in [3.8, 4) is 5.75 Å². The van der Waals surface area contributed by atoms with Gasteiger partial charge in [0.15, 0.2) is 5.96 Å². The smallest absolute Gasteiger partial charge is 0.191 e. The molecule has 1 aliphatic heterocycles. The fraction of sp³-hybridized carbons (Fsp3) is 0.667. The zero-order chi connectivity index (χ0) is 18.2. The number of rotatable bonds is 5. The molecule has 1 heterocycles. The highest BCUT2D eigenvalue weighted by Crippen LogP contribution is 2.25. The lowest BCUT2D eigenvalue weighted by Crippen LogP contribution is -2.53. The zero-order valence-corrected chi connectivity index (χ0v) is 16.1. The van der Waals surface area contributed by atoms with Gasteiger partial charge in [-0.15, -0.1) is 0 Å². The maximum absolute atomic E-state index is 9.40. The summed E-state index contributed by atoms with van der Waals surface area (Å²) in [7, 11) is 0. The molecule has 1 saturated carbocycles. The van der Waals surface area contributed by atoms with E-state index in [0.717, 1.165) is 30.7 Å². The number of aliphatic imine (C=N–C) groups is 1.